The van der Waals surface area contributed by atoms with Gasteiger partial charge in [0.15, 0.2) is 0 Å². The maximum atomic E-state index is 12.6. The molecule has 1 aromatic heterocycles. The molecule has 6 nitrogen and oxygen atoms in total. The van der Waals surface area contributed by atoms with Crippen molar-refractivity contribution in [3.8, 4) is 5.75 Å². The predicted molar refractivity (Wildman–Crippen MR) is 145 cm³/mol. The highest BCUT2D eigenvalue weighted by atomic mass is 32.1. The second-order valence-corrected chi connectivity index (χ2v) is 11.6. The van der Waals surface area contributed by atoms with Crippen molar-refractivity contribution in [3.05, 3.63) is 52.2 Å². The second kappa shape index (κ2) is 11.6. The molecule has 0 unspecified atom stereocenters. The molecule has 7 heteroatoms. The van der Waals surface area contributed by atoms with Crippen LogP contribution in [0, 0.1) is 0 Å². The quantitative estimate of drug-likeness (QED) is 0.445. The molecule has 2 saturated heterocycles. The van der Waals surface area contributed by atoms with E-state index >= 15 is 0 Å². The number of morpholine rings is 1. The van der Waals surface area contributed by atoms with E-state index in [9.17, 15) is 4.79 Å². The Morgan fingerprint density at radius 1 is 1.19 bits per heavy atom. The minimum Gasteiger partial charge on any atom is -0.485 e. The number of para-hydroxylation sites is 1. The summed E-state index contributed by atoms with van der Waals surface area (Å²) >= 11 is 1.77. The average molecular weight is 512 g/mol. The first-order chi connectivity index (χ1) is 17.6. The number of carbonyl (C=O) groups is 1. The molecule has 3 aliphatic rings. The normalized spacial score (nSPS) is 23.2. The lowest BCUT2D eigenvalue weighted by Crippen LogP contribution is -2.61. The lowest BCUT2D eigenvalue weighted by atomic mass is 9.88. The summed E-state index contributed by atoms with van der Waals surface area (Å²) in [5, 5.41) is 5.57. The average Bonchev–Trinajstić information content (AvgIpc) is 3.59. The first kappa shape index (κ1) is 25.7. The zero-order valence-electron chi connectivity index (χ0n) is 21.8. The van der Waals surface area contributed by atoms with Crippen LogP contribution in [0.2, 0.25) is 0 Å². The van der Waals surface area contributed by atoms with Gasteiger partial charge in [0, 0.05) is 37.0 Å². The van der Waals surface area contributed by atoms with E-state index in [1.807, 2.05) is 6.92 Å². The Kier molecular flexibility index (Phi) is 8.31. The number of piperidine rings is 1. The minimum atomic E-state index is -0.307. The van der Waals surface area contributed by atoms with Crippen molar-refractivity contribution in [1.82, 2.24) is 15.1 Å². The van der Waals surface area contributed by atoms with E-state index in [1.54, 1.807) is 11.3 Å². The largest absolute Gasteiger partial charge is 0.485 e. The van der Waals surface area contributed by atoms with Crippen molar-refractivity contribution in [1.29, 1.82) is 0 Å². The molecule has 2 aliphatic heterocycles. The minimum absolute atomic E-state index is 0.0719. The van der Waals surface area contributed by atoms with E-state index in [-0.39, 0.29) is 23.7 Å². The Labute approximate surface area is 220 Å². The predicted octanol–water partition coefficient (Wildman–Crippen LogP) is 4.65. The van der Waals surface area contributed by atoms with Gasteiger partial charge in [-0.05, 0) is 75.2 Å². The van der Waals surface area contributed by atoms with Crippen molar-refractivity contribution in [2.75, 3.05) is 39.3 Å². The monoisotopic (exact) mass is 511 g/mol. The SMILES string of the molecule is CCNCC[C@@H](Oc1ccccc1CCN1CCC2(CC1)CN(C1CC1)C(=O)[C@@H](C)O2)c1cccs1. The zero-order valence-corrected chi connectivity index (χ0v) is 22.6. The molecule has 0 bridgehead atoms. The van der Waals surface area contributed by atoms with Crippen LogP contribution >= 0.6 is 11.3 Å². The van der Waals surface area contributed by atoms with Gasteiger partial charge in [-0.25, -0.2) is 0 Å². The van der Waals surface area contributed by atoms with E-state index in [2.05, 4.69) is 63.8 Å². The summed E-state index contributed by atoms with van der Waals surface area (Å²) in [5.41, 5.74) is 1.12. The number of likely N-dealkylation sites (tertiary alicyclic amines) is 1. The summed E-state index contributed by atoms with van der Waals surface area (Å²) in [6.07, 6.45) is 6.00. The van der Waals surface area contributed by atoms with E-state index in [1.165, 1.54) is 10.4 Å². The van der Waals surface area contributed by atoms with E-state index in [4.69, 9.17) is 9.47 Å². The van der Waals surface area contributed by atoms with Gasteiger partial charge in [-0.3, -0.25) is 4.79 Å². The Hall–Kier alpha value is -1.93. The molecule has 0 radical (unpaired) electrons. The Bertz CT molecular complexity index is 985. The first-order valence-electron chi connectivity index (χ1n) is 13.8. The van der Waals surface area contributed by atoms with Crippen molar-refractivity contribution in [2.24, 2.45) is 0 Å². The molecule has 1 N–H and O–H groups in total. The zero-order chi connectivity index (χ0) is 25.0. The van der Waals surface area contributed by atoms with Gasteiger partial charge in [0.25, 0.3) is 5.91 Å². The summed E-state index contributed by atoms with van der Waals surface area (Å²) in [7, 11) is 0. The highest BCUT2D eigenvalue weighted by molar-refractivity contribution is 7.10. The molecule has 196 valence electrons. The summed E-state index contributed by atoms with van der Waals surface area (Å²) in [4.78, 5) is 18.5. The number of thiophene rings is 1. The van der Waals surface area contributed by atoms with Gasteiger partial charge in [0.05, 0.1) is 12.1 Å². The molecular weight excluding hydrogens is 470 g/mol. The smallest absolute Gasteiger partial charge is 0.251 e. The number of nitrogens with one attached hydrogen (secondary N) is 1. The Morgan fingerprint density at radius 3 is 2.72 bits per heavy atom. The van der Waals surface area contributed by atoms with E-state index in [0.29, 0.717) is 6.04 Å². The number of carbonyl (C=O) groups excluding carboxylic acids is 1. The molecule has 3 fully saturated rings. The van der Waals surface area contributed by atoms with Crippen LogP contribution in [0.1, 0.15) is 62.5 Å². The number of rotatable bonds is 11. The van der Waals surface area contributed by atoms with E-state index in [0.717, 1.165) is 83.5 Å². The van der Waals surface area contributed by atoms with Crippen LogP contribution in [0.4, 0.5) is 0 Å². The van der Waals surface area contributed by atoms with Crippen LogP contribution < -0.4 is 10.1 Å². The fourth-order valence-corrected chi connectivity index (χ4v) is 6.43. The van der Waals surface area contributed by atoms with E-state index < -0.39 is 0 Å². The molecule has 1 spiro atoms. The Balaban J connectivity index is 1.17. The fraction of sp³-hybridized carbons (Fsp3) is 0.621. The van der Waals surface area contributed by atoms with Gasteiger partial charge in [-0.1, -0.05) is 31.2 Å². The number of nitrogens with zero attached hydrogens (tertiary/aromatic N) is 2. The number of hydrogen-bond donors (Lipinski definition) is 1. The number of hydrogen-bond acceptors (Lipinski definition) is 6. The van der Waals surface area contributed by atoms with Crippen LogP contribution in [0.25, 0.3) is 0 Å². The third-order valence-corrected chi connectivity index (χ3v) is 8.87. The molecule has 5 rings (SSSR count). The standard InChI is InChI=1S/C29H41N3O3S/c1-3-30-16-12-26(27-9-6-20-36-27)34-25-8-5-4-7-23(25)13-17-31-18-14-29(15-19-31)21-32(24-10-11-24)28(33)22(2)35-29/h4-9,20,22,24,26,30H,3,10-19,21H2,1-2H3/t22-,26-/m1/s1. The van der Waals surface area contributed by atoms with Crippen LogP contribution in [0.5, 0.6) is 5.75 Å². The number of amides is 1. The van der Waals surface area contributed by atoms with Crippen molar-refractivity contribution < 1.29 is 14.3 Å². The molecule has 3 heterocycles. The number of benzene rings is 1. The molecule has 1 aromatic carbocycles. The van der Waals surface area contributed by atoms with Crippen molar-refractivity contribution in [3.63, 3.8) is 0 Å². The van der Waals surface area contributed by atoms with Gasteiger partial charge < -0.3 is 24.6 Å². The lowest BCUT2D eigenvalue weighted by Gasteiger charge is -2.49. The summed E-state index contributed by atoms with van der Waals surface area (Å²) in [5.74, 6) is 1.19. The molecule has 1 aliphatic carbocycles. The third kappa shape index (κ3) is 6.13. The van der Waals surface area contributed by atoms with Gasteiger partial charge in [-0.15, -0.1) is 11.3 Å². The van der Waals surface area contributed by atoms with Crippen molar-refractivity contribution in [2.45, 2.75) is 76.2 Å². The molecule has 2 atom stereocenters. The molecule has 1 saturated carbocycles. The first-order valence-corrected chi connectivity index (χ1v) is 14.6. The third-order valence-electron chi connectivity index (χ3n) is 7.90. The Morgan fingerprint density at radius 2 is 2.00 bits per heavy atom. The molecular formula is C29H41N3O3S. The highest BCUT2D eigenvalue weighted by Gasteiger charge is 2.48. The topological polar surface area (TPSA) is 54.0 Å². The molecule has 2 aromatic rings. The summed E-state index contributed by atoms with van der Waals surface area (Å²) in [6, 6.07) is 13.3. The van der Waals surface area contributed by atoms with Crippen LogP contribution in [-0.2, 0) is 16.0 Å². The van der Waals surface area contributed by atoms with Gasteiger partial charge in [0.1, 0.15) is 18.0 Å². The number of ether oxygens (including phenoxy) is 2. The molecule has 36 heavy (non-hydrogen) atoms. The van der Waals surface area contributed by atoms with Gasteiger partial charge >= 0.3 is 0 Å². The highest BCUT2D eigenvalue weighted by Crippen LogP contribution is 2.38. The van der Waals surface area contributed by atoms with Gasteiger partial charge in [0.2, 0.25) is 0 Å². The lowest BCUT2D eigenvalue weighted by molar-refractivity contribution is -0.190. The summed E-state index contributed by atoms with van der Waals surface area (Å²) in [6.45, 7) is 9.82. The molecule has 1 amide bonds. The van der Waals surface area contributed by atoms with Crippen LogP contribution in [-0.4, -0.2) is 72.7 Å². The van der Waals surface area contributed by atoms with Crippen LogP contribution in [0.3, 0.4) is 0 Å². The summed E-state index contributed by atoms with van der Waals surface area (Å²) < 4.78 is 13.0. The van der Waals surface area contributed by atoms with Crippen LogP contribution in [0.15, 0.2) is 41.8 Å². The van der Waals surface area contributed by atoms with Crippen molar-refractivity contribution >= 4 is 17.2 Å². The second-order valence-electron chi connectivity index (χ2n) is 10.6. The maximum absolute atomic E-state index is 12.6. The fourth-order valence-electron chi connectivity index (χ4n) is 5.64. The van der Waals surface area contributed by atoms with Gasteiger partial charge in [-0.2, -0.15) is 0 Å². The maximum Gasteiger partial charge on any atom is 0.251 e.